The maximum absolute atomic E-state index is 12.5. The summed E-state index contributed by atoms with van der Waals surface area (Å²) in [4.78, 5) is 28.8. The zero-order valence-corrected chi connectivity index (χ0v) is 17.7. The van der Waals surface area contributed by atoms with Gasteiger partial charge in [0.15, 0.2) is 11.2 Å². The molecule has 0 bridgehead atoms. The van der Waals surface area contributed by atoms with E-state index >= 15 is 0 Å². The van der Waals surface area contributed by atoms with Gasteiger partial charge in [0, 0.05) is 0 Å². The second kappa shape index (κ2) is 9.05. The van der Waals surface area contributed by atoms with E-state index in [4.69, 9.17) is 9.47 Å². The van der Waals surface area contributed by atoms with Crippen molar-refractivity contribution in [3.05, 3.63) is 53.6 Å². The minimum atomic E-state index is -0.679. The lowest BCUT2D eigenvalue weighted by Crippen LogP contribution is -2.30. The molecule has 6 nitrogen and oxygen atoms in total. The number of anilines is 1. The summed E-state index contributed by atoms with van der Waals surface area (Å²) in [5.41, 5.74) is 2.38. The fourth-order valence-electron chi connectivity index (χ4n) is 2.72. The highest BCUT2D eigenvalue weighted by atomic mass is 32.1. The predicted octanol–water partition coefficient (Wildman–Crippen LogP) is 5.00. The van der Waals surface area contributed by atoms with Gasteiger partial charge < -0.3 is 9.47 Å². The molecule has 1 unspecified atom stereocenters. The van der Waals surface area contributed by atoms with Gasteiger partial charge in [-0.3, -0.25) is 10.1 Å². The monoisotopic (exact) mass is 412 g/mol. The molecule has 0 aliphatic rings. The van der Waals surface area contributed by atoms with Crippen LogP contribution in [0, 0.1) is 0 Å². The van der Waals surface area contributed by atoms with Gasteiger partial charge in [-0.2, -0.15) is 0 Å². The highest BCUT2D eigenvalue weighted by molar-refractivity contribution is 7.22. The van der Waals surface area contributed by atoms with Crippen molar-refractivity contribution in [1.29, 1.82) is 0 Å². The molecule has 1 heterocycles. The van der Waals surface area contributed by atoms with E-state index in [1.165, 1.54) is 16.9 Å². The van der Waals surface area contributed by atoms with Crippen molar-refractivity contribution in [3.8, 4) is 5.75 Å². The second-order valence-electron chi connectivity index (χ2n) is 6.90. The molecule has 152 valence electrons. The number of aromatic nitrogens is 1. The quantitative estimate of drug-likeness (QED) is 0.553. The number of benzene rings is 2. The fourth-order valence-corrected chi connectivity index (χ4v) is 3.62. The van der Waals surface area contributed by atoms with E-state index < -0.39 is 6.10 Å². The van der Waals surface area contributed by atoms with Crippen molar-refractivity contribution in [2.24, 2.45) is 0 Å². The third kappa shape index (κ3) is 5.12. The van der Waals surface area contributed by atoms with Crippen LogP contribution in [0.2, 0.25) is 0 Å². The van der Waals surface area contributed by atoms with E-state index in [-0.39, 0.29) is 11.9 Å². The van der Waals surface area contributed by atoms with Crippen molar-refractivity contribution in [3.63, 3.8) is 0 Å². The Morgan fingerprint density at radius 3 is 2.48 bits per heavy atom. The number of hydrogen-bond donors (Lipinski definition) is 1. The molecule has 1 amide bonds. The number of hydrogen-bond acceptors (Lipinski definition) is 6. The zero-order chi connectivity index (χ0) is 21.0. The Kier molecular flexibility index (Phi) is 6.49. The van der Waals surface area contributed by atoms with Crippen LogP contribution >= 0.6 is 11.3 Å². The molecule has 0 aliphatic heterocycles. The Balaban J connectivity index is 1.66. The summed E-state index contributed by atoms with van der Waals surface area (Å²) in [6, 6.07) is 12.9. The molecule has 1 N–H and O–H groups in total. The summed E-state index contributed by atoms with van der Waals surface area (Å²) in [5, 5.41) is 3.24. The number of ether oxygens (including phenoxy) is 2. The summed E-state index contributed by atoms with van der Waals surface area (Å²) in [7, 11) is 0. The van der Waals surface area contributed by atoms with Gasteiger partial charge in [0.05, 0.1) is 22.4 Å². The number of fused-ring (bicyclic) bond motifs is 1. The van der Waals surface area contributed by atoms with Crippen LogP contribution in [0.3, 0.4) is 0 Å². The summed E-state index contributed by atoms with van der Waals surface area (Å²) in [6.07, 6.45) is -0.679. The van der Waals surface area contributed by atoms with Gasteiger partial charge in [0.25, 0.3) is 5.91 Å². The van der Waals surface area contributed by atoms with Crippen LogP contribution in [0.1, 0.15) is 49.5 Å². The molecular weight excluding hydrogens is 388 g/mol. The predicted molar refractivity (Wildman–Crippen MR) is 115 cm³/mol. The average molecular weight is 413 g/mol. The zero-order valence-electron chi connectivity index (χ0n) is 16.9. The maximum atomic E-state index is 12.5. The third-order valence-electron chi connectivity index (χ3n) is 4.36. The van der Waals surface area contributed by atoms with Crippen LogP contribution in [0.5, 0.6) is 5.75 Å². The topological polar surface area (TPSA) is 77.5 Å². The van der Waals surface area contributed by atoms with Crippen LogP contribution in [0.15, 0.2) is 42.5 Å². The number of thiazole rings is 1. The Morgan fingerprint density at radius 1 is 1.10 bits per heavy atom. The molecule has 2 aromatic carbocycles. The van der Waals surface area contributed by atoms with Crippen molar-refractivity contribution >= 4 is 38.6 Å². The number of carbonyl (C=O) groups excluding carboxylic acids is 2. The second-order valence-corrected chi connectivity index (χ2v) is 7.93. The lowest BCUT2D eigenvalue weighted by Gasteiger charge is -2.14. The number of rotatable bonds is 7. The largest absolute Gasteiger partial charge is 0.481 e. The third-order valence-corrected chi connectivity index (χ3v) is 5.29. The molecule has 0 saturated heterocycles. The molecule has 29 heavy (non-hydrogen) atoms. The normalized spacial score (nSPS) is 12.0. The SMILES string of the molecule is CCOC(=O)c1ccc2nc(NC(=O)C(C)Oc3ccc(C(C)C)cc3)sc2c1. The summed E-state index contributed by atoms with van der Waals surface area (Å²) < 4.78 is 11.5. The van der Waals surface area contributed by atoms with Crippen LogP contribution in [-0.4, -0.2) is 29.6 Å². The summed E-state index contributed by atoms with van der Waals surface area (Å²) in [6.45, 7) is 8.02. The molecule has 0 spiro atoms. The summed E-state index contributed by atoms with van der Waals surface area (Å²) >= 11 is 1.30. The molecule has 1 atom stereocenters. The Labute approximate surface area is 173 Å². The number of nitrogens with one attached hydrogen (secondary N) is 1. The standard InChI is InChI=1S/C22H24N2O4S/c1-5-27-21(26)16-8-11-18-19(12-16)29-22(23-18)24-20(25)14(4)28-17-9-6-15(7-10-17)13(2)3/h6-14H,5H2,1-4H3,(H,23,24,25). The first-order valence-electron chi connectivity index (χ1n) is 9.52. The van der Waals surface area contributed by atoms with Gasteiger partial charge in [-0.25, -0.2) is 9.78 Å². The van der Waals surface area contributed by atoms with Crippen molar-refractivity contribution in [1.82, 2.24) is 4.98 Å². The number of carbonyl (C=O) groups is 2. The van der Waals surface area contributed by atoms with Crippen LogP contribution < -0.4 is 10.1 Å². The first-order valence-corrected chi connectivity index (χ1v) is 10.3. The molecule has 0 radical (unpaired) electrons. The minimum absolute atomic E-state index is 0.289. The first kappa shape index (κ1) is 20.8. The van der Waals surface area contributed by atoms with Gasteiger partial charge in [0.1, 0.15) is 5.75 Å². The highest BCUT2D eigenvalue weighted by Crippen LogP contribution is 2.27. The van der Waals surface area contributed by atoms with E-state index in [0.29, 0.717) is 34.5 Å². The van der Waals surface area contributed by atoms with Gasteiger partial charge >= 0.3 is 5.97 Å². The minimum Gasteiger partial charge on any atom is -0.481 e. The number of esters is 1. The molecule has 0 aliphatic carbocycles. The van der Waals surface area contributed by atoms with Crippen LogP contribution in [0.4, 0.5) is 5.13 Å². The average Bonchev–Trinajstić information content (AvgIpc) is 3.09. The van der Waals surface area contributed by atoms with Crippen molar-refractivity contribution in [2.45, 2.75) is 39.7 Å². The number of nitrogens with zero attached hydrogens (tertiary/aromatic N) is 1. The molecule has 3 rings (SSSR count). The Hall–Kier alpha value is -2.93. The van der Waals surface area contributed by atoms with E-state index in [0.717, 1.165) is 4.70 Å². The fraction of sp³-hybridized carbons (Fsp3) is 0.318. The van der Waals surface area contributed by atoms with E-state index in [1.807, 2.05) is 24.3 Å². The van der Waals surface area contributed by atoms with Crippen molar-refractivity contribution in [2.75, 3.05) is 11.9 Å². The van der Waals surface area contributed by atoms with E-state index in [9.17, 15) is 9.59 Å². The van der Waals surface area contributed by atoms with Gasteiger partial charge in [-0.05, 0) is 55.7 Å². The Morgan fingerprint density at radius 2 is 1.83 bits per heavy atom. The van der Waals surface area contributed by atoms with E-state index in [1.54, 1.807) is 32.0 Å². The molecule has 7 heteroatoms. The molecule has 0 fully saturated rings. The maximum Gasteiger partial charge on any atom is 0.338 e. The van der Waals surface area contributed by atoms with Gasteiger partial charge in [-0.15, -0.1) is 0 Å². The van der Waals surface area contributed by atoms with Gasteiger partial charge in [-0.1, -0.05) is 37.3 Å². The molecule has 1 aromatic heterocycles. The lowest BCUT2D eigenvalue weighted by atomic mass is 10.0. The van der Waals surface area contributed by atoms with Gasteiger partial charge in [0.2, 0.25) is 0 Å². The number of amides is 1. The highest BCUT2D eigenvalue weighted by Gasteiger charge is 2.17. The molecule has 3 aromatic rings. The lowest BCUT2D eigenvalue weighted by molar-refractivity contribution is -0.122. The molecular formula is C22H24N2O4S. The summed E-state index contributed by atoms with van der Waals surface area (Å²) in [5.74, 6) is 0.412. The first-order chi connectivity index (χ1) is 13.9. The smallest absolute Gasteiger partial charge is 0.338 e. The molecule has 0 saturated carbocycles. The van der Waals surface area contributed by atoms with Crippen LogP contribution in [0.25, 0.3) is 10.2 Å². The van der Waals surface area contributed by atoms with E-state index in [2.05, 4.69) is 24.1 Å². The van der Waals surface area contributed by atoms with Crippen molar-refractivity contribution < 1.29 is 19.1 Å². The van der Waals surface area contributed by atoms with Crippen LogP contribution in [-0.2, 0) is 9.53 Å². The Bertz CT molecular complexity index is 1010.